The van der Waals surface area contributed by atoms with E-state index in [1.165, 1.54) is 0 Å². The maximum absolute atomic E-state index is 10.2. The molecule has 132 valence electrons. The molecule has 0 saturated carbocycles. The maximum atomic E-state index is 10.2. The van der Waals surface area contributed by atoms with Crippen LogP contribution in [0.3, 0.4) is 0 Å². The van der Waals surface area contributed by atoms with Gasteiger partial charge in [0.05, 0.1) is 5.69 Å². The third-order valence-corrected chi connectivity index (χ3v) is 4.07. The molecule has 25 heavy (non-hydrogen) atoms. The number of aromatic hydroxyl groups is 1. The van der Waals surface area contributed by atoms with Crippen LogP contribution in [0.2, 0.25) is 0 Å². The standard InChI is InChI=1S/C18H24N6O/c1-3-24(4-2)14-8-7-13(17(25)10-14)12-21-9-5-6-16-15(11-19)18(20)23-22-16/h7-8,10,12,25H,3-6,9H2,1-2H3,(H3,20,22,23). The molecule has 0 aliphatic carbocycles. The number of benzene rings is 1. The molecule has 1 aromatic carbocycles. The van der Waals surface area contributed by atoms with Crippen LogP contribution in [0.5, 0.6) is 5.75 Å². The number of hydrogen-bond acceptors (Lipinski definition) is 6. The molecule has 2 aromatic rings. The number of aliphatic imine (C=N–C) groups is 1. The van der Waals surface area contributed by atoms with E-state index in [9.17, 15) is 5.11 Å². The Kier molecular flexibility index (Phi) is 6.40. The van der Waals surface area contributed by atoms with Gasteiger partial charge >= 0.3 is 0 Å². The summed E-state index contributed by atoms with van der Waals surface area (Å²) in [5, 5.41) is 25.8. The highest BCUT2D eigenvalue weighted by atomic mass is 16.3. The number of hydrogen-bond donors (Lipinski definition) is 3. The van der Waals surface area contributed by atoms with E-state index < -0.39 is 0 Å². The van der Waals surface area contributed by atoms with E-state index in [4.69, 9.17) is 11.0 Å². The van der Waals surface area contributed by atoms with Gasteiger partial charge < -0.3 is 15.7 Å². The van der Waals surface area contributed by atoms with Gasteiger partial charge in [-0.3, -0.25) is 10.1 Å². The highest BCUT2D eigenvalue weighted by molar-refractivity contribution is 5.84. The first-order chi connectivity index (χ1) is 12.1. The van der Waals surface area contributed by atoms with E-state index in [1.54, 1.807) is 12.3 Å². The molecule has 0 atom stereocenters. The Hall–Kier alpha value is -3.01. The molecule has 0 spiro atoms. The number of H-pyrrole nitrogens is 1. The number of nitriles is 1. The Bertz CT molecular complexity index is 770. The van der Waals surface area contributed by atoms with Crippen LogP contribution in [-0.4, -0.2) is 41.2 Å². The lowest BCUT2D eigenvalue weighted by Gasteiger charge is -2.21. The summed E-state index contributed by atoms with van der Waals surface area (Å²) >= 11 is 0. The largest absolute Gasteiger partial charge is 0.507 e. The Morgan fingerprint density at radius 2 is 2.16 bits per heavy atom. The number of aromatic nitrogens is 2. The van der Waals surface area contributed by atoms with Crippen LogP contribution >= 0.6 is 0 Å². The molecule has 1 heterocycles. The van der Waals surface area contributed by atoms with E-state index in [1.807, 2.05) is 18.2 Å². The van der Waals surface area contributed by atoms with Gasteiger partial charge in [0, 0.05) is 43.2 Å². The van der Waals surface area contributed by atoms with Gasteiger partial charge in [-0.05, 0) is 38.8 Å². The molecule has 0 amide bonds. The fraction of sp³-hybridized carbons (Fsp3) is 0.389. The second kappa shape index (κ2) is 8.73. The van der Waals surface area contributed by atoms with Crippen LogP contribution in [0, 0.1) is 11.3 Å². The van der Waals surface area contributed by atoms with Crippen molar-refractivity contribution in [1.29, 1.82) is 5.26 Å². The summed E-state index contributed by atoms with van der Waals surface area (Å²) in [7, 11) is 0. The zero-order valence-electron chi connectivity index (χ0n) is 14.7. The SMILES string of the molecule is CCN(CC)c1ccc(C=NCCCc2[nH]nc(N)c2C#N)c(O)c1. The number of rotatable bonds is 8. The van der Waals surface area contributed by atoms with Gasteiger partial charge in [-0.1, -0.05) is 0 Å². The third kappa shape index (κ3) is 4.51. The maximum Gasteiger partial charge on any atom is 0.163 e. The molecule has 0 unspecified atom stereocenters. The van der Waals surface area contributed by atoms with Crippen molar-refractivity contribution < 1.29 is 5.11 Å². The first kappa shape index (κ1) is 18.3. The molecule has 0 saturated heterocycles. The quantitative estimate of drug-likeness (QED) is 0.504. The Balaban J connectivity index is 1.91. The summed E-state index contributed by atoms with van der Waals surface area (Å²) in [5.74, 6) is 0.459. The predicted molar refractivity (Wildman–Crippen MR) is 100 cm³/mol. The zero-order chi connectivity index (χ0) is 18.2. The second-order valence-electron chi connectivity index (χ2n) is 5.63. The number of nitrogen functional groups attached to an aromatic ring is 1. The number of phenols is 1. The normalized spacial score (nSPS) is 10.9. The predicted octanol–water partition coefficient (Wildman–Crippen LogP) is 2.47. The van der Waals surface area contributed by atoms with Crippen molar-refractivity contribution in [1.82, 2.24) is 10.2 Å². The van der Waals surface area contributed by atoms with Gasteiger partial charge in [-0.2, -0.15) is 10.4 Å². The van der Waals surface area contributed by atoms with Gasteiger partial charge in [-0.25, -0.2) is 0 Å². The summed E-state index contributed by atoms with van der Waals surface area (Å²) < 4.78 is 0. The zero-order valence-corrected chi connectivity index (χ0v) is 14.7. The van der Waals surface area contributed by atoms with Crippen LogP contribution in [0.15, 0.2) is 23.2 Å². The average molecular weight is 340 g/mol. The summed E-state index contributed by atoms with van der Waals surface area (Å²) in [6.07, 6.45) is 3.08. The molecule has 0 aliphatic rings. The van der Waals surface area contributed by atoms with E-state index in [-0.39, 0.29) is 11.6 Å². The molecule has 7 heteroatoms. The fourth-order valence-corrected chi connectivity index (χ4v) is 2.64. The molecule has 0 aliphatic heterocycles. The summed E-state index contributed by atoms with van der Waals surface area (Å²) in [5.41, 5.74) is 8.45. The van der Waals surface area contributed by atoms with Crippen molar-refractivity contribution in [2.24, 2.45) is 4.99 Å². The van der Waals surface area contributed by atoms with Gasteiger partial charge in [-0.15, -0.1) is 0 Å². The van der Waals surface area contributed by atoms with Crippen LogP contribution in [0.1, 0.15) is 37.1 Å². The van der Waals surface area contributed by atoms with E-state index in [2.05, 4.69) is 33.9 Å². The molecule has 0 radical (unpaired) electrons. The van der Waals surface area contributed by atoms with Crippen LogP contribution < -0.4 is 10.6 Å². The minimum absolute atomic E-state index is 0.223. The number of aromatic amines is 1. The lowest BCUT2D eigenvalue weighted by molar-refractivity contribution is 0.474. The Morgan fingerprint density at radius 3 is 2.80 bits per heavy atom. The number of phenolic OH excluding ortho intramolecular Hbond substituents is 1. The van der Waals surface area contributed by atoms with Crippen LogP contribution in [0.25, 0.3) is 0 Å². The van der Waals surface area contributed by atoms with Crippen LogP contribution in [-0.2, 0) is 6.42 Å². The monoisotopic (exact) mass is 340 g/mol. The minimum atomic E-state index is 0.223. The van der Waals surface area contributed by atoms with Gasteiger partial charge in [0.25, 0.3) is 0 Å². The minimum Gasteiger partial charge on any atom is -0.507 e. The lowest BCUT2D eigenvalue weighted by atomic mass is 10.1. The number of nitrogens with two attached hydrogens (primary N) is 1. The first-order valence-corrected chi connectivity index (χ1v) is 8.41. The van der Waals surface area contributed by atoms with Gasteiger partial charge in [0.1, 0.15) is 17.4 Å². The van der Waals surface area contributed by atoms with Gasteiger partial charge in [0.2, 0.25) is 0 Å². The number of nitrogens with one attached hydrogen (secondary N) is 1. The van der Waals surface area contributed by atoms with Crippen molar-refractivity contribution in [3.8, 4) is 11.8 Å². The molecular weight excluding hydrogens is 316 g/mol. The van der Waals surface area contributed by atoms with Crippen molar-refractivity contribution in [2.75, 3.05) is 30.3 Å². The smallest absolute Gasteiger partial charge is 0.163 e. The second-order valence-corrected chi connectivity index (χ2v) is 5.63. The third-order valence-electron chi connectivity index (χ3n) is 4.07. The van der Waals surface area contributed by atoms with E-state index >= 15 is 0 Å². The molecule has 4 N–H and O–H groups in total. The molecule has 0 bridgehead atoms. The summed E-state index contributed by atoms with van der Waals surface area (Å²) in [6.45, 7) is 6.54. The van der Waals surface area contributed by atoms with Crippen molar-refractivity contribution >= 4 is 17.7 Å². The summed E-state index contributed by atoms with van der Waals surface area (Å²) in [6, 6.07) is 7.67. The molecular formula is C18H24N6O. The Morgan fingerprint density at radius 1 is 1.40 bits per heavy atom. The number of aryl methyl sites for hydroxylation is 1. The highest BCUT2D eigenvalue weighted by Gasteiger charge is 2.09. The molecule has 0 fully saturated rings. The number of anilines is 2. The molecule has 7 nitrogen and oxygen atoms in total. The molecule has 1 aromatic heterocycles. The lowest BCUT2D eigenvalue weighted by Crippen LogP contribution is -2.21. The van der Waals surface area contributed by atoms with Crippen molar-refractivity contribution in [3.05, 3.63) is 35.0 Å². The first-order valence-electron chi connectivity index (χ1n) is 8.41. The molecule has 2 rings (SSSR count). The topological polar surface area (TPSA) is 114 Å². The van der Waals surface area contributed by atoms with Crippen LogP contribution in [0.4, 0.5) is 11.5 Å². The Labute approximate surface area is 147 Å². The van der Waals surface area contributed by atoms with Crippen molar-refractivity contribution in [3.63, 3.8) is 0 Å². The van der Waals surface area contributed by atoms with Gasteiger partial charge in [0.15, 0.2) is 5.82 Å². The summed E-state index contributed by atoms with van der Waals surface area (Å²) in [4.78, 5) is 6.52. The average Bonchev–Trinajstić information content (AvgIpc) is 2.97. The number of nitrogens with zero attached hydrogens (tertiary/aromatic N) is 4. The van der Waals surface area contributed by atoms with E-state index in [0.29, 0.717) is 24.1 Å². The highest BCUT2D eigenvalue weighted by Crippen LogP contribution is 2.23. The van der Waals surface area contributed by atoms with E-state index in [0.717, 1.165) is 30.9 Å². The fourth-order valence-electron chi connectivity index (χ4n) is 2.64. The van der Waals surface area contributed by atoms with Crippen molar-refractivity contribution in [2.45, 2.75) is 26.7 Å².